The smallest absolute Gasteiger partial charge is 0.281 e. The molecule has 172 valence electrons. The molecule has 0 aliphatic heterocycles. The number of carbonyl (C=O) groups excluding carboxylic acids is 1. The highest BCUT2D eigenvalue weighted by Gasteiger charge is 2.54. The van der Waals surface area contributed by atoms with Crippen LogP contribution in [0, 0.1) is 12.9 Å². The first kappa shape index (κ1) is 22.6. The summed E-state index contributed by atoms with van der Waals surface area (Å²) < 4.78 is 73.4. The maximum absolute atomic E-state index is 13.6. The van der Waals surface area contributed by atoms with Crippen molar-refractivity contribution >= 4 is 15.9 Å². The molecule has 2 aliphatic carbocycles. The molecule has 0 saturated heterocycles. The van der Waals surface area contributed by atoms with Crippen LogP contribution in [0.2, 0.25) is 0 Å². The summed E-state index contributed by atoms with van der Waals surface area (Å²) in [5.74, 6) is -4.26. The summed E-state index contributed by atoms with van der Waals surface area (Å²) in [5.41, 5.74) is 0.208. The van der Waals surface area contributed by atoms with Crippen molar-refractivity contribution in [3.8, 4) is 5.75 Å². The molecule has 2 aromatic rings. The zero-order valence-electron chi connectivity index (χ0n) is 17.4. The van der Waals surface area contributed by atoms with E-state index in [0.717, 1.165) is 23.3 Å². The molecule has 1 aromatic carbocycles. The monoisotopic (exact) mass is 468 g/mol. The number of amides is 1. The second kappa shape index (κ2) is 8.06. The fourth-order valence-corrected chi connectivity index (χ4v) is 4.92. The Labute approximate surface area is 184 Å². The van der Waals surface area contributed by atoms with Crippen molar-refractivity contribution in [3.05, 3.63) is 53.5 Å². The molecular weight excluding hydrogens is 445 g/mol. The predicted octanol–water partition coefficient (Wildman–Crippen LogP) is 4.24. The van der Waals surface area contributed by atoms with Crippen LogP contribution in [0.3, 0.4) is 0 Å². The average molecular weight is 468 g/mol. The van der Waals surface area contributed by atoms with E-state index < -0.39 is 38.4 Å². The van der Waals surface area contributed by atoms with Crippen molar-refractivity contribution < 1.29 is 31.1 Å². The van der Waals surface area contributed by atoms with Crippen LogP contribution in [0.5, 0.6) is 5.75 Å². The molecule has 1 amide bonds. The van der Waals surface area contributed by atoms with E-state index in [0.29, 0.717) is 31.4 Å². The van der Waals surface area contributed by atoms with E-state index >= 15 is 0 Å². The van der Waals surface area contributed by atoms with Gasteiger partial charge in [0.25, 0.3) is 15.9 Å². The zero-order valence-corrected chi connectivity index (χ0v) is 18.2. The Morgan fingerprint density at radius 2 is 1.81 bits per heavy atom. The Morgan fingerprint density at radius 1 is 1.12 bits per heavy atom. The third-order valence-corrected chi connectivity index (χ3v) is 7.17. The summed E-state index contributed by atoms with van der Waals surface area (Å²) in [6.07, 6.45) is 0.754. The molecule has 2 saturated carbocycles. The van der Waals surface area contributed by atoms with E-state index in [1.807, 2.05) is 23.8 Å². The van der Waals surface area contributed by atoms with Crippen LogP contribution in [0.15, 0.2) is 41.4 Å². The van der Waals surface area contributed by atoms with E-state index in [4.69, 9.17) is 4.74 Å². The molecule has 1 N–H and O–H groups in total. The van der Waals surface area contributed by atoms with E-state index in [1.54, 1.807) is 6.07 Å². The maximum atomic E-state index is 13.6. The fourth-order valence-electron chi connectivity index (χ4n) is 3.92. The van der Waals surface area contributed by atoms with Crippen LogP contribution in [-0.2, 0) is 14.8 Å². The van der Waals surface area contributed by atoms with Crippen LogP contribution < -0.4 is 9.46 Å². The van der Waals surface area contributed by atoms with Gasteiger partial charge in [-0.3, -0.25) is 4.79 Å². The number of pyridine rings is 1. The van der Waals surface area contributed by atoms with Crippen LogP contribution in [0.1, 0.15) is 55.6 Å². The number of ether oxygens (including phenoxy) is 1. The third-order valence-electron chi connectivity index (χ3n) is 5.94. The molecule has 32 heavy (non-hydrogen) atoms. The first-order valence-electron chi connectivity index (χ1n) is 10.4. The summed E-state index contributed by atoms with van der Waals surface area (Å²) in [4.78, 5) is 16.1. The summed E-state index contributed by atoms with van der Waals surface area (Å²) in [6, 6.07) is 8.66. The molecule has 4 rings (SSSR count). The molecule has 2 aliphatic rings. The van der Waals surface area contributed by atoms with Gasteiger partial charge in [0, 0.05) is 25.7 Å². The number of nitrogens with one attached hydrogen (secondary N) is 1. The highest BCUT2D eigenvalue weighted by molar-refractivity contribution is 7.90. The molecule has 0 spiro atoms. The van der Waals surface area contributed by atoms with Crippen molar-refractivity contribution in [2.75, 3.05) is 0 Å². The molecule has 0 bridgehead atoms. The molecule has 0 radical (unpaired) electrons. The molecule has 1 heterocycles. The number of aromatic nitrogens is 1. The lowest BCUT2D eigenvalue weighted by Crippen LogP contribution is -2.43. The first-order valence-corrected chi connectivity index (χ1v) is 11.9. The molecule has 6 nitrogen and oxygen atoms in total. The van der Waals surface area contributed by atoms with Gasteiger partial charge in [0.1, 0.15) is 5.75 Å². The van der Waals surface area contributed by atoms with E-state index in [1.165, 1.54) is 6.07 Å². The number of nitrogens with zero attached hydrogens (tertiary/aromatic N) is 1. The van der Waals surface area contributed by atoms with Crippen LogP contribution >= 0.6 is 0 Å². The minimum Gasteiger partial charge on any atom is -0.477 e. The predicted molar refractivity (Wildman–Crippen MR) is 109 cm³/mol. The van der Waals surface area contributed by atoms with Crippen molar-refractivity contribution in [2.24, 2.45) is 0 Å². The summed E-state index contributed by atoms with van der Waals surface area (Å²) in [5, 5.41) is -0.610. The standard InChI is InChI=1S/C22H23F3N2O4S/c1-14-5-6-16(15-7-9-22(24,25)10-8-15)17(13-14)31-21(11-12-21)20(28)27-32(29,30)19-4-2-3-18(23)26-19/h2-6,13,15H,7-12H2,1H3,(H,27,28). The Bertz CT molecular complexity index is 1140. The summed E-state index contributed by atoms with van der Waals surface area (Å²) >= 11 is 0. The van der Waals surface area contributed by atoms with Gasteiger partial charge in [-0.25, -0.2) is 18.5 Å². The number of carbonyl (C=O) groups is 1. The topological polar surface area (TPSA) is 85.4 Å². The van der Waals surface area contributed by atoms with Crippen molar-refractivity contribution in [1.82, 2.24) is 9.71 Å². The number of rotatable bonds is 6. The number of sulfonamides is 1. The average Bonchev–Trinajstić information content (AvgIpc) is 3.49. The van der Waals surface area contributed by atoms with E-state index in [9.17, 15) is 26.4 Å². The van der Waals surface area contributed by atoms with Gasteiger partial charge in [-0.05, 0) is 55.0 Å². The highest BCUT2D eigenvalue weighted by atomic mass is 32.2. The lowest BCUT2D eigenvalue weighted by atomic mass is 9.81. The van der Waals surface area contributed by atoms with Gasteiger partial charge in [-0.2, -0.15) is 12.8 Å². The molecule has 10 heteroatoms. The molecule has 0 unspecified atom stereocenters. The highest BCUT2D eigenvalue weighted by Crippen LogP contribution is 2.47. The normalized spacial score (nSPS) is 19.9. The number of benzene rings is 1. The van der Waals surface area contributed by atoms with E-state index in [2.05, 4.69) is 4.98 Å². The number of alkyl halides is 2. The Morgan fingerprint density at radius 3 is 2.44 bits per heavy atom. The van der Waals surface area contributed by atoms with Gasteiger partial charge in [0.15, 0.2) is 10.6 Å². The first-order chi connectivity index (χ1) is 15.0. The van der Waals surface area contributed by atoms with Crippen LogP contribution in [-0.4, -0.2) is 30.8 Å². The number of hydrogen-bond donors (Lipinski definition) is 1. The van der Waals surface area contributed by atoms with Gasteiger partial charge in [-0.15, -0.1) is 0 Å². The van der Waals surface area contributed by atoms with Crippen molar-refractivity contribution in [1.29, 1.82) is 0 Å². The van der Waals surface area contributed by atoms with Gasteiger partial charge in [0.2, 0.25) is 11.9 Å². The van der Waals surface area contributed by atoms with Gasteiger partial charge in [0.05, 0.1) is 0 Å². The lowest BCUT2D eigenvalue weighted by Gasteiger charge is -2.30. The minimum absolute atomic E-state index is 0.135. The van der Waals surface area contributed by atoms with E-state index in [-0.39, 0.29) is 18.8 Å². The maximum Gasteiger partial charge on any atom is 0.281 e. The Kier molecular flexibility index (Phi) is 5.68. The number of hydrogen-bond acceptors (Lipinski definition) is 5. The second-order valence-corrected chi connectivity index (χ2v) is 10.1. The number of aryl methyl sites for hydroxylation is 1. The molecule has 0 atom stereocenters. The Balaban J connectivity index is 1.54. The quantitative estimate of drug-likeness (QED) is 0.641. The van der Waals surface area contributed by atoms with Crippen molar-refractivity contribution in [3.63, 3.8) is 0 Å². The zero-order chi connectivity index (χ0) is 23.1. The summed E-state index contributed by atoms with van der Waals surface area (Å²) in [6.45, 7) is 1.84. The fraction of sp³-hybridized carbons (Fsp3) is 0.455. The van der Waals surface area contributed by atoms with Crippen LogP contribution in [0.4, 0.5) is 13.2 Å². The van der Waals surface area contributed by atoms with Crippen molar-refractivity contribution in [2.45, 2.75) is 67.9 Å². The SMILES string of the molecule is Cc1ccc(C2CCC(F)(F)CC2)c(OC2(C(=O)NS(=O)(=O)c3cccc(F)n3)CC2)c1. The third kappa shape index (κ3) is 4.74. The Hall–Kier alpha value is -2.62. The van der Waals surface area contributed by atoms with Gasteiger partial charge in [-0.1, -0.05) is 18.2 Å². The molecule has 2 fully saturated rings. The summed E-state index contributed by atoms with van der Waals surface area (Å²) in [7, 11) is -4.38. The lowest BCUT2D eigenvalue weighted by molar-refractivity contribution is -0.128. The van der Waals surface area contributed by atoms with Crippen LogP contribution in [0.25, 0.3) is 0 Å². The minimum atomic E-state index is -4.38. The van der Waals surface area contributed by atoms with Gasteiger partial charge < -0.3 is 4.74 Å². The second-order valence-electron chi connectivity index (χ2n) is 8.50. The van der Waals surface area contributed by atoms with Gasteiger partial charge >= 0.3 is 0 Å². The molecular formula is C22H23F3N2O4S. The number of halogens is 3. The molecule has 1 aromatic heterocycles. The largest absolute Gasteiger partial charge is 0.477 e.